The Morgan fingerprint density at radius 2 is 1.71 bits per heavy atom. The molecule has 0 aliphatic heterocycles. The first-order valence-corrected chi connectivity index (χ1v) is 8.52. The van der Waals surface area contributed by atoms with Crippen LogP contribution in [0.5, 0.6) is 5.75 Å². The second kappa shape index (κ2) is 6.60. The summed E-state index contributed by atoms with van der Waals surface area (Å²) in [4.78, 5) is 0.265. The van der Waals surface area contributed by atoms with Gasteiger partial charge in [0.05, 0.1) is 12.0 Å². The second-order valence-corrected chi connectivity index (χ2v) is 7.41. The second-order valence-electron chi connectivity index (χ2n) is 4.54. The summed E-state index contributed by atoms with van der Waals surface area (Å²) < 4.78 is 32.1. The molecule has 4 nitrogen and oxygen atoms in total. The Morgan fingerprint density at radius 1 is 1.10 bits per heavy atom. The molecule has 0 saturated carbocycles. The van der Waals surface area contributed by atoms with E-state index in [0.29, 0.717) is 11.0 Å². The highest BCUT2D eigenvalue weighted by Crippen LogP contribution is 2.25. The Balaban J connectivity index is 2.22. The molecule has 2 aromatic rings. The third kappa shape index (κ3) is 3.64. The molecule has 0 heterocycles. The van der Waals surface area contributed by atoms with E-state index in [4.69, 9.17) is 4.74 Å². The fourth-order valence-corrected chi connectivity index (χ4v) is 4.01. The summed E-state index contributed by atoms with van der Waals surface area (Å²) in [6, 6.07) is 14.1. The number of sulfonamides is 1. The Morgan fingerprint density at radius 3 is 2.29 bits per heavy atom. The largest absolute Gasteiger partial charge is 0.497 e. The van der Waals surface area contributed by atoms with Gasteiger partial charge in [-0.15, -0.1) is 0 Å². The SMILES string of the molecule is COc1ccc(CN(C)S(=O)(=O)c2ccccc2Br)cc1. The molecule has 2 aromatic carbocycles. The van der Waals surface area contributed by atoms with E-state index in [0.717, 1.165) is 11.3 Å². The Hall–Kier alpha value is -1.37. The van der Waals surface area contributed by atoms with Crippen molar-refractivity contribution < 1.29 is 13.2 Å². The predicted molar refractivity (Wildman–Crippen MR) is 85.8 cm³/mol. The number of hydrogen-bond donors (Lipinski definition) is 0. The number of nitrogens with zero attached hydrogens (tertiary/aromatic N) is 1. The van der Waals surface area contributed by atoms with Gasteiger partial charge >= 0.3 is 0 Å². The molecule has 0 atom stereocenters. The average Bonchev–Trinajstić information content (AvgIpc) is 2.48. The summed E-state index contributed by atoms with van der Waals surface area (Å²) in [6.45, 7) is 0.299. The fourth-order valence-electron chi connectivity index (χ4n) is 1.89. The van der Waals surface area contributed by atoms with Crippen LogP contribution in [0.15, 0.2) is 57.9 Å². The van der Waals surface area contributed by atoms with Gasteiger partial charge in [-0.25, -0.2) is 8.42 Å². The van der Waals surface area contributed by atoms with Crippen molar-refractivity contribution in [1.29, 1.82) is 0 Å². The Bertz CT molecular complexity index is 714. The van der Waals surface area contributed by atoms with Crippen LogP contribution in [0.3, 0.4) is 0 Å². The molecule has 0 bridgehead atoms. The maximum absolute atomic E-state index is 12.6. The van der Waals surface area contributed by atoms with Gasteiger partial charge in [0.1, 0.15) is 5.75 Å². The molecule has 0 N–H and O–H groups in total. The predicted octanol–water partition coefficient (Wildman–Crippen LogP) is 3.28. The van der Waals surface area contributed by atoms with Crippen LogP contribution in [0.1, 0.15) is 5.56 Å². The van der Waals surface area contributed by atoms with E-state index >= 15 is 0 Å². The van der Waals surface area contributed by atoms with Crippen LogP contribution >= 0.6 is 15.9 Å². The lowest BCUT2D eigenvalue weighted by molar-refractivity contribution is 0.414. The number of hydrogen-bond acceptors (Lipinski definition) is 3. The van der Waals surface area contributed by atoms with Crippen molar-refractivity contribution in [3.63, 3.8) is 0 Å². The molecule has 112 valence electrons. The average molecular weight is 370 g/mol. The number of benzene rings is 2. The third-order valence-electron chi connectivity index (χ3n) is 3.09. The van der Waals surface area contributed by atoms with Crippen LogP contribution in [0.25, 0.3) is 0 Å². The third-order valence-corrected chi connectivity index (χ3v) is 5.90. The molecule has 0 aliphatic rings. The van der Waals surface area contributed by atoms with Gasteiger partial charge in [0.25, 0.3) is 0 Å². The first-order valence-electron chi connectivity index (χ1n) is 6.29. The minimum atomic E-state index is -3.53. The zero-order chi connectivity index (χ0) is 15.5. The topological polar surface area (TPSA) is 46.6 Å². The summed E-state index contributed by atoms with van der Waals surface area (Å²) in [5.41, 5.74) is 0.897. The van der Waals surface area contributed by atoms with Crippen LogP contribution in [0, 0.1) is 0 Å². The zero-order valence-corrected chi connectivity index (χ0v) is 14.2. The van der Waals surface area contributed by atoms with Crippen LogP contribution in [-0.4, -0.2) is 26.9 Å². The zero-order valence-electron chi connectivity index (χ0n) is 11.8. The highest BCUT2D eigenvalue weighted by molar-refractivity contribution is 9.10. The van der Waals surface area contributed by atoms with Gasteiger partial charge in [0, 0.05) is 18.1 Å². The number of halogens is 1. The first-order chi connectivity index (χ1) is 9.95. The normalized spacial score (nSPS) is 11.6. The summed E-state index contributed by atoms with van der Waals surface area (Å²) >= 11 is 3.28. The molecule has 0 saturated heterocycles. The molecule has 0 spiro atoms. The molecule has 0 unspecified atom stereocenters. The van der Waals surface area contributed by atoms with E-state index in [2.05, 4.69) is 15.9 Å². The molecular weight excluding hydrogens is 354 g/mol. The van der Waals surface area contributed by atoms with E-state index in [1.807, 2.05) is 24.3 Å². The standard InChI is InChI=1S/C15H16BrNO3S/c1-17(11-12-7-9-13(20-2)10-8-12)21(18,19)15-6-4-3-5-14(15)16/h3-10H,11H2,1-2H3. The maximum atomic E-state index is 12.6. The lowest BCUT2D eigenvalue weighted by Gasteiger charge is -2.18. The van der Waals surface area contributed by atoms with Gasteiger partial charge in [0.15, 0.2) is 0 Å². The van der Waals surface area contributed by atoms with Crippen molar-refractivity contribution in [2.75, 3.05) is 14.2 Å². The summed E-state index contributed by atoms with van der Waals surface area (Å²) in [5, 5.41) is 0. The minimum absolute atomic E-state index is 0.265. The van der Waals surface area contributed by atoms with Crippen LogP contribution in [0.2, 0.25) is 0 Å². The molecular formula is C15H16BrNO3S. The van der Waals surface area contributed by atoms with Crippen molar-refractivity contribution in [3.8, 4) is 5.75 Å². The highest BCUT2D eigenvalue weighted by atomic mass is 79.9. The van der Waals surface area contributed by atoms with Crippen molar-refractivity contribution in [3.05, 3.63) is 58.6 Å². The smallest absolute Gasteiger partial charge is 0.244 e. The van der Waals surface area contributed by atoms with E-state index in [-0.39, 0.29) is 4.90 Å². The summed E-state index contributed by atoms with van der Waals surface area (Å²) in [5.74, 6) is 0.745. The van der Waals surface area contributed by atoms with E-state index in [1.54, 1.807) is 38.4 Å². The van der Waals surface area contributed by atoms with Gasteiger partial charge in [-0.3, -0.25) is 0 Å². The first kappa shape index (κ1) is 16.0. The molecule has 0 fully saturated rings. The molecule has 2 rings (SSSR count). The Labute approximate surface area is 133 Å². The minimum Gasteiger partial charge on any atom is -0.497 e. The number of rotatable bonds is 5. The molecule has 0 radical (unpaired) electrons. The molecule has 21 heavy (non-hydrogen) atoms. The van der Waals surface area contributed by atoms with Gasteiger partial charge in [-0.2, -0.15) is 4.31 Å². The van der Waals surface area contributed by atoms with E-state index in [9.17, 15) is 8.42 Å². The van der Waals surface area contributed by atoms with Crippen molar-refractivity contribution in [1.82, 2.24) is 4.31 Å². The molecule has 0 aromatic heterocycles. The molecule has 0 aliphatic carbocycles. The van der Waals surface area contributed by atoms with Gasteiger partial charge < -0.3 is 4.74 Å². The van der Waals surface area contributed by atoms with Crippen LogP contribution < -0.4 is 4.74 Å². The van der Waals surface area contributed by atoms with E-state index in [1.165, 1.54) is 4.31 Å². The van der Waals surface area contributed by atoms with E-state index < -0.39 is 10.0 Å². The summed E-state index contributed by atoms with van der Waals surface area (Å²) in [7, 11) is -0.364. The van der Waals surface area contributed by atoms with Gasteiger partial charge in [-0.1, -0.05) is 24.3 Å². The van der Waals surface area contributed by atoms with Gasteiger partial charge in [-0.05, 0) is 45.8 Å². The molecule has 0 amide bonds. The van der Waals surface area contributed by atoms with Crippen molar-refractivity contribution in [2.24, 2.45) is 0 Å². The highest BCUT2D eigenvalue weighted by Gasteiger charge is 2.23. The molecule has 6 heteroatoms. The maximum Gasteiger partial charge on any atom is 0.244 e. The quantitative estimate of drug-likeness (QED) is 0.812. The fraction of sp³-hybridized carbons (Fsp3) is 0.200. The van der Waals surface area contributed by atoms with Crippen LogP contribution in [-0.2, 0) is 16.6 Å². The van der Waals surface area contributed by atoms with Crippen molar-refractivity contribution >= 4 is 26.0 Å². The van der Waals surface area contributed by atoms with Crippen molar-refractivity contribution in [2.45, 2.75) is 11.4 Å². The summed E-state index contributed by atoms with van der Waals surface area (Å²) in [6.07, 6.45) is 0. The lowest BCUT2D eigenvalue weighted by Crippen LogP contribution is -2.26. The lowest BCUT2D eigenvalue weighted by atomic mass is 10.2. The number of methoxy groups -OCH3 is 1. The number of ether oxygens (including phenoxy) is 1. The van der Waals surface area contributed by atoms with Crippen LogP contribution in [0.4, 0.5) is 0 Å². The van der Waals surface area contributed by atoms with Gasteiger partial charge in [0.2, 0.25) is 10.0 Å². The Kier molecular flexibility index (Phi) is 5.03. The monoisotopic (exact) mass is 369 g/mol.